The van der Waals surface area contributed by atoms with Crippen LogP contribution >= 0.6 is 0 Å². The number of fused-ring (bicyclic) bond motifs is 1. The summed E-state index contributed by atoms with van der Waals surface area (Å²) >= 11 is 0. The number of unbranched alkanes of at least 4 members (excludes halogenated alkanes) is 3. The second-order valence-electron chi connectivity index (χ2n) is 7.11. The quantitative estimate of drug-likeness (QED) is 0.363. The molecule has 1 heterocycles. The Labute approximate surface area is 163 Å². The van der Waals surface area contributed by atoms with Crippen LogP contribution in [0.25, 0.3) is 10.8 Å². The molecule has 146 valence electrons. The number of hydrogen-bond acceptors (Lipinski definition) is 3. The first-order valence-electron chi connectivity index (χ1n) is 10.3. The Morgan fingerprint density at radius 1 is 1.00 bits per heavy atom. The van der Waals surface area contributed by atoms with Gasteiger partial charge in [0.1, 0.15) is 0 Å². The van der Waals surface area contributed by atoms with E-state index < -0.39 is 5.79 Å². The van der Waals surface area contributed by atoms with E-state index in [1.54, 1.807) is 0 Å². The number of hydrogen-bond donors (Lipinski definition) is 0. The third-order valence-electron chi connectivity index (χ3n) is 5.27. The first kappa shape index (κ1) is 19.9. The second kappa shape index (κ2) is 9.91. The van der Waals surface area contributed by atoms with Crippen LogP contribution in [0.3, 0.4) is 0 Å². The highest BCUT2D eigenvalue weighted by Crippen LogP contribution is 2.38. The van der Waals surface area contributed by atoms with Gasteiger partial charge < -0.3 is 14.2 Å². The average Bonchev–Trinajstić information content (AvgIpc) is 3.19. The van der Waals surface area contributed by atoms with Crippen LogP contribution in [-0.2, 0) is 20.0 Å². The molecule has 0 amide bonds. The van der Waals surface area contributed by atoms with Gasteiger partial charge in [0, 0.05) is 18.4 Å². The van der Waals surface area contributed by atoms with Gasteiger partial charge in [0.15, 0.2) is 5.79 Å². The first-order chi connectivity index (χ1) is 13.3. The summed E-state index contributed by atoms with van der Waals surface area (Å²) in [6.45, 7) is 6.19. The van der Waals surface area contributed by atoms with Crippen LogP contribution in [0.1, 0.15) is 57.9 Å². The van der Waals surface area contributed by atoms with Gasteiger partial charge in [-0.15, -0.1) is 0 Å². The van der Waals surface area contributed by atoms with Gasteiger partial charge in [-0.1, -0.05) is 49.2 Å². The Balaban J connectivity index is 1.54. The average molecular weight is 369 g/mol. The number of allylic oxidation sites excluding steroid dienone is 2. The van der Waals surface area contributed by atoms with E-state index in [1.165, 1.54) is 30.0 Å². The van der Waals surface area contributed by atoms with Gasteiger partial charge in [0.25, 0.3) is 0 Å². The van der Waals surface area contributed by atoms with Crippen LogP contribution in [0.15, 0.2) is 54.3 Å². The molecule has 2 aromatic rings. The van der Waals surface area contributed by atoms with Crippen LogP contribution in [0.4, 0.5) is 0 Å². The zero-order valence-corrected chi connectivity index (χ0v) is 16.7. The van der Waals surface area contributed by atoms with Crippen LogP contribution < -0.4 is 0 Å². The molecule has 0 atom stereocenters. The van der Waals surface area contributed by atoms with E-state index >= 15 is 0 Å². The second-order valence-corrected chi connectivity index (χ2v) is 7.11. The molecule has 0 aliphatic carbocycles. The molecule has 0 N–H and O–H groups in total. The molecule has 2 aromatic carbocycles. The van der Waals surface area contributed by atoms with Crippen molar-refractivity contribution >= 4 is 10.8 Å². The molecular formula is C24H32O3. The standard InChI is InChI=1S/C24H32O3/c1-3-23(25-4-2)13-7-5-6-10-16-24(26-17-18-27-24)22-15-14-20-11-8-9-12-21(20)19-22/h3,8-9,11-12,14-15,19H,4-7,10,13,16-18H2,1-2H3/b23-3-. The molecule has 0 spiro atoms. The Hall–Kier alpha value is -1.84. The third kappa shape index (κ3) is 5.12. The molecule has 0 unspecified atom stereocenters. The fraction of sp³-hybridized carbons (Fsp3) is 0.500. The van der Waals surface area contributed by atoms with E-state index in [1.807, 2.05) is 13.8 Å². The minimum atomic E-state index is -0.566. The van der Waals surface area contributed by atoms with Gasteiger partial charge >= 0.3 is 0 Å². The van der Waals surface area contributed by atoms with E-state index in [2.05, 4.69) is 48.5 Å². The molecule has 3 nitrogen and oxygen atoms in total. The van der Waals surface area contributed by atoms with Crippen LogP contribution in [0.2, 0.25) is 0 Å². The van der Waals surface area contributed by atoms with Crippen molar-refractivity contribution in [2.24, 2.45) is 0 Å². The topological polar surface area (TPSA) is 27.7 Å². The van der Waals surface area contributed by atoms with Crippen LogP contribution in [-0.4, -0.2) is 19.8 Å². The zero-order chi connectivity index (χ0) is 19.0. The van der Waals surface area contributed by atoms with Crippen molar-refractivity contribution in [3.05, 3.63) is 59.9 Å². The number of ether oxygens (including phenoxy) is 3. The van der Waals surface area contributed by atoms with E-state index in [0.717, 1.165) is 37.2 Å². The molecule has 1 saturated heterocycles. The Bertz CT molecular complexity index is 744. The van der Waals surface area contributed by atoms with Gasteiger partial charge in [-0.25, -0.2) is 0 Å². The van der Waals surface area contributed by atoms with Crippen molar-refractivity contribution in [1.29, 1.82) is 0 Å². The monoisotopic (exact) mass is 368 g/mol. The van der Waals surface area contributed by atoms with Gasteiger partial charge in [-0.3, -0.25) is 0 Å². The molecule has 27 heavy (non-hydrogen) atoms. The molecular weight excluding hydrogens is 336 g/mol. The van der Waals surface area contributed by atoms with Crippen LogP contribution in [0, 0.1) is 0 Å². The number of rotatable bonds is 10. The molecule has 1 fully saturated rings. The summed E-state index contributed by atoms with van der Waals surface area (Å²) in [5.74, 6) is 0.553. The van der Waals surface area contributed by atoms with Gasteiger partial charge in [0.2, 0.25) is 0 Å². The lowest BCUT2D eigenvalue weighted by atomic mass is 9.96. The lowest BCUT2D eigenvalue weighted by Crippen LogP contribution is -2.27. The van der Waals surface area contributed by atoms with Crippen molar-refractivity contribution in [3.8, 4) is 0 Å². The number of benzene rings is 2. The summed E-state index contributed by atoms with van der Waals surface area (Å²) in [5.41, 5.74) is 1.14. The van der Waals surface area contributed by atoms with Crippen molar-refractivity contribution in [2.45, 2.75) is 58.2 Å². The summed E-state index contributed by atoms with van der Waals surface area (Å²) in [5, 5.41) is 2.49. The van der Waals surface area contributed by atoms with Crippen molar-refractivity contribution in [1.82, 2.24) is 0 Å². The fourth-order valence-corrected chi connectivity index (χ4v) is 3.83. The van der Waals surface area contributed by atoms with E-state index in [-0.39, 0.29) is 0 Å². The largest absolute Gasteiger partial charge is 0.499 e. The van der Waals surface area contributed by atoms with Gasteiger partial charge in [0.05, 0.1) is 25.6 Å². The summed E-state index contributed by atoms with van der Waals surface area (Å²) in [7, 11) is 0. The highest BCUT2D eigenvalue weighted by molar-refractivity contribution is 5.83. The molecule has 0 saturated carbocycles. The Kier molecular flexibility index (Phi) is 7.31. The van der Waals surface area contributed by atoms with E-state index in [0.29, 0.717) is 13.2 Å². The molecule has 1 aliphatic heterocycles. The molecule has 0 radical (unpaired) electrons. The van der Waals surface area contributed by atoms with Crippen molar-refractivity contribution < 1.29 is 14.2 Å². The predicted molar refractivity (Wildman–Crippen MR) is 111 cm³/mol. The summed E-state index contributed by atoms with van der Waals surface area (Å²) in [6.07, 6.45) is 8.69. The van der Waals surface area contributed by atoms with Crippen molar-refractivity contribution in [3.63, 3.8) is 0 Å². The molecule has 0 bridgehead atoms. The zero-order valence-electron chi connectivity index (χ0n) is 16.7. The molecule has 0 aromatic heterocycles. The highest BCUT2D eigenvalue weighted by Gasteiger charge is 2.37. The Morgan fingerprint density at radius 2 is 1.74 bits per heavy atom. The molecule has 3 rings (SSSR count). The predicted octanol–water partition coefficient (Wildman–Crippen LogP) is 6.32. The molecule has 3 heteroatoms. The SMILES string of the molecule is C/C=C(/CCCCCCC1(c2ccc3ccccc3c2)OCCO1)OCC. The summed E-state index contributed by atoms with van der Waals surface area (Å²) < 4.78 is 17.8. The maximum atomic E-state index is 6.12. The lowest BCUT2D eigenvalue weighted by Gasteiger charge is -2.28. The van der Waals surface area contributed by atoms with Crippen molar-refractivity contribution in [2.75, 3.05) is 19.8 Å². The highest BCUT2D eigenvalue weighted by atomic mass is 16.7. The van der Waals surface area contributed by atoms with Gasteiger partial charge in [-0.2, -0.15) is 0 Å². The van der Waals surface area contributed by atoms with E-state index in [9.17, 15) is 0 Å². The first-order valence-corrected chi connectivity index (χ1v) is 10.3. The normalized spacial score (nSPS) is 16.7. The van der Waals surface area contributed by atoms with E-state index in [4.69, 9.17) is 14.2 Å². The minimum absolute atomic E-state index is 0.566. The minimum Gasteiger partial charge on any atom is -0.499 e. The fourth-order valence-electron chi connectivity index (χ4n) is 3.83. The maximum Gasteiger partial charge on any atom is 0.195 e. The Morgan fingerprint density at radius 3 is 2.48 bits per heavy atom. The maximum absolute atomic E-state index is 6.12. The summed E-state index contributed by atoms with van der Waals surface area (Å²) in [6, 6.07) is 15.0. The van der Waals surface area contributed by atoms with Crippen LogP contribution in [0.5, 0.6) is 0 Å². The summed E-state index contributed by atoms with van der Waals surface area (Å²) in [4.78, 5) is 0. The molecule has 1 aliphatic rings. The third-order valence-corrected chi connectivity index (χ3v) is 5.27. The lowest BCUT2D eigenvalue weighted by molar-refractivity contribution is -0.171. The van der Waals surface area contributed by atoms with Gasteiger partial charge in [-0.05, 0) is 49.6 Å². The smallest absolute Gasteiger partial charge is 0.195 e.